The molecule has 0 bridgehead atoms. The third kappa shape index (κ3) is 4.52. The lowest BCUT2D eigenvalue weighted by atomic mass is 10.9. The zero-order valence-electron chi connectivity index (χ0n) is 6.14. The van der Waals surface area contributed by atoms with Gasteiger partial charge in [0.05, 0.1) is 0 Å². The molecule has 0 aliphatic heterocycles. The van der Waals surface area contributed by atoms with E-state index >= 15 is 0 Å². The SMILES string of the molecule is CCO[SiH](OCC)C(Cl)Cl. The molecule has 0 spiro atoms. The van der Waals surface area contributed by atoms with E-state index < -0.39 is 13.7 Å². The molecule has 10 heavy (non-hydrogen) atoms. The van der Waals surface area contributed by atoms with Gasteiger partial charge < -0.3 is 8.85 Å². The molecular formula is C5H12Cl2O2Si. The van der Waals surface area contributed by atoms with E-state index in [0.29, 0.717) is 13.2 Å². The van der Waals surface area contributed by atoms with Crippen molar-refractivity contribution in [3.05, 3.63) is 0 Å². The van der Waals surface area contributed by atoms with Gasteiger partial charge in [0, 0.05) is 13.2 Å². The van der Waals surface area contributed by atoms with Crippen LogP contribution in [0.2, 0.25) is 0 Å². The van der Waals surface area contributed by atoms with Gasteiger partial charge in [-0.1, -0.05) is 0 Å². The summed E-state index contributed by atoms with van der Waals surface area (Å²) in [5.74, 6) is 0. The number of hydrogen-bond acceptors (Lipinski definition) is 2. The predicted molar refractivity (Wildman–Crippen MR) is 45.9 cm³/mol. The van der Waals surface area contributed by atoms with Crippen molar-refractivity contribution in [3.63, 3.8) is 0 Å². The second-order valence-corrected chi connectivity index (χ2v) is 5.69. The highest BCUT2D eigenvalue weighted by molar-refractivity contribution is 6.72. The first kappa shape index (κ1) is 10.7. The van der Waals surface area contributed by atoms with Crippen LogP contribution in [-0.2, 0) is 8.85 Å². The van der Waals surface area contributed by atoms with E-state index in [9.17, 15) is 0 Å². The molecule has 0 radical (unpaired) electrons. The van der Waals surface area contributed by atoms with E-state index in [1.807, 2.05) is 13.8 Å². The van der Waals surface area contributed by atoms with Crippen molar-refractivity contribution in [3.8, 4) is 0 Å². The maximum Gasteiger partial charge on any atom is 0.355 e. The third-order valence-electron chi connectivity index (χ3n) is 0.868. The third-order valence-corrected chi connectivity index (χ3v) is 3.84. The normalized spacial score (nSPS) is 11.4. The van der Waals surface area contributed by atoms with Crippen molar-refractivity contribution in [2.45, 2.75) is 18.3 Å². The summed E-state index contributed by atoms with van der Waals surface area (Å²) in [6, 6.07) is 0. The summed E-state index contributed by atoms with van der Waals surface area (Å²) in [6.45, 7) is 5.03. The highest BCUT2D eigenvalue weighted by Crippen LogP contribution is 2.08. The zero-order chi connectivity index (χ0) is 7.98. The average Bonchev–Trinajstić information content (AvgIpc) is 1.87. The summed E-state index contributed by atoms with van der Waals surface area (Å²) in [5.41, 5.74) is 0. The first-order chi connectivity index (χ1) is 4.72. The Morgan fingerprint density at radius 2 is 1.60 bits per heavy atom. The largest absolute Gasteiger partial charge is 0.395 e. The Balaban J connectivity index is 3.50. The van der Waals surface area contributed by atoms with Crippen LogP contribution in [0.15, 0.2) is 0 Å². The van der Waals surface area contributed by atoms with Crippen LogP contribution in [0, 0.1) is 0 Å². The first-order valence-corrected chi connectivity index (χ1v) is 5.72. The molecule has 0 amide bonds. The molecular weight excluding hydrogens is 191 g/mol. The Bertz CT molecular complexity index is 76.0. The molecule has 0 unspecified atom stereocenters. The second kappa shape index (κ2) is 6.43. The minimum absolute atomic E-state index is 0.472. The molecule has 0 atom stereocenters. The monoisotopic (exact) mass is 202 g/mol. The van der Waals surface area contributed by atoms with Crippen molar-refractivity contribution >= 4 is 32.5 Å². The molecule has 5 heteroatoms. The molecule has 0 rings (SSSR count). The summed E-state index contributed by atoms with van der Waals surface area (Å²) in [5, 5.41) is 0. The van der Waals surface area contributed by atoms with E-state index in [1.165, 1.54) is 0 Å². The summed E-state index contributed by atoms with van der Waals surface area (Å²) in [7, 11) is -1.78. The quantitative estimate of drug-likeness (QED) is 0.499. The van der Waals surface area contributed by atoms with Crippen molar-refractivity contribution in [2.75, 3.05) is 13.2 Å². The van der Waals surface area contributed by atoms with Gasteiger partial charge in [-0.15, -0.1) is 23.2 Å². The van der Waals surface area contributed by atoms with Crippen LogP contribution < -0.4 is 0 Å². The number of alkyl halides is 2. The molecule has 0 N–H and O–H groups in total. The van der Waals surface area contributed by atoms with Gasteiger partial charge in [-0.05, 0) is 13.8 Å². The lowest BCUT2D eigenvalue weighted by Crippen LogP contribution is -2.30. The molecule has 2 nitrogen and oxygen atoms in total. The van der Waals surface area contributed by atoms with Gasteiger partial charge in [0.1, 0.15) is 4.46 Å². The minimum atomic E-state index is -1.78. The fourth-order valence-corrected chi connectivity index (χ4v) is 2.44. The van der Waals surface area contributed by atoms with Gasteiger partial charge in [-0.2, -0.15) is 0 Å². The Labute approximate surface area is 73.3 Å². The van der Waals surface area contributed by atoms with Crippen molar-refractivity contribution < 1.29 is 8.85 Å². The highest BCUT2D eigenvalue weighted by Gasteiger charge is 2.20. The number of halogens is 2. The van der Waals surface area contributed by atoms with Gasteiger partial charge in [0.2, 0.25) is 0 Å². The Hall–Kier alpha value is 0.717. The second-order valence-electron chi connectivity index (χ2n) is 1.61. The van der Waals surface area contributed by atoms with E-state index in [0.717, 1.165) is 0 Å². The summed E-state index contributed by atoms with van der Waals surface area (Å²) >= 11 is 11.2. The smallest absolute Gasteiger partial charge is 0.355 e. The van der Waals surface area contributed by atoms with Crippen LogP contribution in [0.1, 0.15) is 13.8 Å². The average molecular weight is 203 g/mol. The maximum atomic E-state index is 5.58. The number of rotatable bonds is 5. The fourth-order valence-electron chi connectivity index (χ4n) is 0.522. The first-order valence-electron chi connectivity index (χ1n) is 3.23. The minimum Gasteiger partial charge on any atom is -0.395 e. The highest BCUT2D eigenvalue weighted by atomic mass is 35.5. The molecule has 0 aromatic carbocycles. The van der Waals surface area contributed by atoms with Gasteiger partial charge in [-0.3, -0.25) is 0 Å². The summed E-state index contributed by atoms with van der Waals surface area (Å²) in [6.07, 6.45) is 0. The molecule has 0 heterocycles. The van der Waals surface area contributed by atoms with Crippen LogP contribution in [0.3, 0.4) is 0 Å². The van der Waals surface area contributed by atoms with E-state index in [1.54, 1.807) is 0 Å². The van der Waals surface area contributed by atoms with Crippen LogP contribution in [0.25, 0.3) is 0 Å². The standard InChI is InChI=1S/C5H12Cl2O2Si/c1-3-8-10(5(6)7)9-4-2/h5,10H,3-4H2,1-2H3. The van der Waals surface area contributed by atoms with Crippen LogP contribution in [-0.4, -0.2) is 27.0 Å². The molecule has 0 aliphatic rings. The topological polar surface area (TPSA) is 18.5 Å². The van der Waals surface area contributed by atoms with Gasteiger partial charge in [0.15, 0.2) is 0 Å². The molecule has 0 saturated heterocycles. The molecule has 0 aromatic rings. The van der Waals surface area contributed by atoms with E-state index in [2.05, 4.69) is 0 Å². The molecule has 0 aromatic heterocycles. The fraction of sp³-hybridized carbons (Fsp3) is 1.00. The molecule has 62 valence electrons. The van der Waals surface area contributed by atoms with Crippen LogP contribution in [0.5, 0.6) is 0 Å². The van der Waals surface area contributed by atoms with Gasteiger partial charge in [-0.25, -0.2) is 0 Å². The predicted octanol–water partition coefficient (Wildman–Crippen LogP) is 1.62. The molecule has 0 fully saturated rings. The van der Waals surface area contributed by atoms with Gasteiger partial charge in [0.25, 0.3) is 0 Å². The molecule has 0 aliphatic carbocycles. The Kier molecular flexibility index (Phi) is 6.89. The summed E-state index contributed by atoms with van der Waals surface area (Å²) in [4.78, 5) is 0. The van der Waals surface area contributed by atoms with Crippen LogP contribution >= 0.6 is 23.2 Å². The Morgan fingerprint density at radius 1 is 1.20 bits per heavy atom. The lowest BCUT2D eigenvalue weighted by molar-refractivity contribution is 0.216. The zero-order valence-corrected chi connectivity index (χ0v) is 8.81. The van der Waals surface area contributed by atoms with Crippen LogP contribution in [0.4, 0.5) is 0 Å². The van der Waals surface area contributed by atoms with Crippen molar-refractivity contribution in [2.24, 2.45) is 0 Å². The van der Waals surface area contributed by atoms with Crippen molar-refractivity contribution in [1.82, 2.24) is 0 Å². The lowest BCUT2D eigenvalue weighted by Gasteiger charge is -2.14. The van der Waals surface area contributed by atoms with Crippen molar-refractivity contribution in [1.29, 1.82) is 0 Å². The van der Waals surface area contributed by atoms with E-state index in [4.69, 9.17) is 32.1 Å². The Morgan fingerprint density at radius 3 is 1.80 bits per heavy atom. The molecule has 0 saturated carbocycles. The van der Waals surface area contributed by atoms with Gasteiger partial charge >= 0.3 is 9.28 Å². The maximum absolute atomic E-state index is 5.58. The summed E-state index contributed by atoms with van der Waals surface area (Å²) < 4.78 is 9.92. The number of hydrogen-bond donors (Lipinski definition) is 0. The van der Waals surface area contributed by atoms with E-state index in [-0.39, 0.29) is 0 Å².